The summed E-state index contributed by atoms with van der Waals surface area (Å²) in [4.78, 5) is 8.45. The zero-order valence-electron chi connectivity index (χ0n) is 8.18. The highest BCUT2D eigenvalue weighted by Gasteiger charge is 2.03. The van der Waals surface area contributed by atoms with Crippen LogP contribution in [0.1, 0.15) is 5.69 Å². The molecule has 76 valence electrons. The third-order valence-corrected chi connectivity index (χ3v) is 1.84. The number of hydrazine groups is 1. The topological polar surface area (TPSA) is 89.6 Å². The van der Waals surface area contributed by atoms with Gasteiger partial charge in [-0.1, -0.05) is 6.07 Å². The van der Waals surface area contributed by atoms with E-state index in [0.717, 1.165) is 11.4 Å². The third-order valence-electron chi connectivity index (χ3n) is 1.84. The summed E-state index contributed by atoms with van der Waals surface area (Å²) in [6, 6.07) is 5.69. The van der Waals surface area contributed by atoms with Crippen LogP contribution in [0.2, 0.25) is 0 Å². The van der Waals surface area contributed by atoms with Crippen molar-refractivity contribution in [2.24, 2.45) is 5.84 Å². The minimum Gasteiger partial charge on any atom is -0.291 e. The molecule has 2 aromatic rings. The highest BCUT2D eigenvalue weighted by molar-refractivity contribution is 5.53. The van der Waals surface area contributed by atoms with Crippen LogP contribution in [0.15, 0.2) is 24.4 Å². The SMILES string of the molecule is Cc1cccc(-c2cnnc(NN)n2)n1. The van der Waals surface area contributed by atoms with Gasteiger partial charge in [0.2, 0.25) is 0 Å². The molecule has 0 saturated heterocycles. The van der Waals surface area contributed by atoms with Crippen molar-refractivity contribution >= 4 is 5.95 Å². The lowest BCUT2D eigenvalue weighted by Gasteiger charge is -2.01. The Bertz CT molecular complexity index is 470. The maximum atomic E-state index is 5.19. The number of aryl methyl sites for hydroxylation is 1. The van der Waals surface area contributed by atoms with Gasteiger partial charge in [-0.3, -0.25) is 10.4 Å². The average Bonchev–Trinajstić information content (AvgIpc) is 2.29. The van der Waals surface area contributed by atoms with Crippen molar-refractivity contribution in [3.05, 3.63) is 30.1 Å². The summed E-state index contributed by atoms with van der Waals surface area (Å²) < 4.78 is 0. The first-order valence-electron chi connectivity index (χ1n) is 4.40. The number of anilines is 1. The Labute approximate surface area is 86.6 Å². The molecule has 0 atom stereocenters. The lowest BCUT2D eigenvalue weighted by Crippen LogP contribution is -2.11. The number of nitrogen functional groups attached to an aromatic ring is 1. The zero-order chi connectivity index (χ0) is 10.7. The molecule has 0 unspecified atom stereocenters. The van der Waals surface area contributed by atoms with Crippen LogP contribution in [-0.2, 0) is 0 Å². The van der Waals surface area contributed by atoms with Gasteiger partial charge in [0.25, 0.3) is 5.95 Å². The van der Waals surface area contributed by atoms with Gasteiger partial charge in [-0.2, -0.15) is 5.10 Å². The van der Waals surface area contributed by atoms with Gasteiger partial charge in [0.1, 0.15) is 5.69 Å². The van der Waals surface area contributed by atoms with Crippen LogP contribution in [0.4, 0.5) is 5.95 Å². The van der Waals surface area contributed by atoms with E-state index in [1.165, 1.54) is 0 Å². The van der Waals surface area contributed by atoms with E-state index in [1.54, 1.807) is 6.20 Å². The van der Waals surface area contributed by atoms with Gasteiger partial charge in [0.15, 0.2) is 0 Å². The van der Waals surface area contributed by atoms with E-state index in [1.807, 2.05) is 25.1 Å². The molecule has 2 rings (SSSR count). The molecular weight excluding hydrogens is 192 g/mol. The number of nitrogens with two attached hydrogens (primary N) is 1. The maximum Gasteiger partial charge on any atom is 0.257 e. The molecule has 2 heterocycles. The number of aromatic nitrogens is 4. The molecular formula is C9H10N6. The van der Waals surface area contributed by atoms with Crippen molar-refractivity contribution in [1.82, 2.24) is 20.2 Å². The van der Waals surface area contributed by atoms with E-state index in [4.69, 9.17) is 5.84 Å². The minimum atomic E-state index is 0.274. The Morgan fingerprint density at radius 3 is 2.80 bits per heavy atom. The van der Waals surface area contributed by atoms with Crippen LogP contribution in [0.3, 0.4) is 0 Å². The minimum absolute atomic E-state index is 0.274. The Morgan fingerprint density at radius 2 is 2.07 bits per heavy atom. The first-order valence-corrected chi connectivity index (χ1v) is 4.40. The summed E-state index contributed by atoms with van der Waals surface area (Å²) in [6.45, 7) is 1.92. The molecule has 0 aliphatic rings. The first-order chi connectivity index (χ1) is 7.29. The summed E-state index contributed by atoms with van der Waals surface area (Å²) >= 11 is 0. The van der Waals surface area contributed by atoms with E-state index >= 15 is 0 Å². The largest absolute Gasteiger partial charge is 0.291 e. The fourth-order valence-corrected chi connectivity index (χ4v) is 1.17. The number of pyridine rings is 1. The van der Waals surface area contributed by atoms with E-state index < -0.39 is 0 Å². The standard InChI is InChI=1S/C9H10N6/c1-6-3-2-4-7(12-6)8-5-11-15-9(13-8)14-10/h2-5H,10H2,1H3,(H,13,14,15). The Hall–Kier alpha value is -2.08. The van der Waals surface area contributed by atoms with E-state index in [-0.39, 0.29) is 5.95 Å². The summed E-state index contributed by atoms with van der Waals surface area (Å²) in [5.74, 6) is 5.47. The van der Waals surface area contributed by atoms with Gasteiger partial charge >= 0.3 is 0 Å². The fourth-order valence-electron chi connectivity index (χ4n) is 1.17. The fraction of sp³-hybridized carbons (Fsp3) is 0.111. The van der Waals surface area contributed by atoms with Crippen molar-refractivity contribution in [3.63, 3.8) is 0 Å². The second-order valence-electron chi connectivity index (χ2n) is 2.97. The predicted molar refractivity (Wildman–Crippen MR) is 55.6 cm³/mol. The predicted octanol–water partition coefficient (Wildman–Crippen LogP) is 0.528. The average molecular weight is 202 g/mol. The van der Waals surface area contributed by atoms with Gasteiger partial charge < -0.3 is 0 Å². The van der Waals surface area contributed by atoms with Crippen molar-refractivity contribution in [2.45, 2.75) is 6.92 Å². The Morgan fingerprint density at radius 1 is 1.20 bits per heavy atom. The molecule has 3 N–H and O–H groups in total. The van der Waals surface area contributed by atoms with Crippen LogP contribution in [-0.4, -0.2) is 20.2 Å². The lowest BCUT2D eigenvalue weighted by molar-refractivity contribution is 0.961. The molecule has 6 nitrogen and oxygen atoms in total. The number of nitrogens with one attached hydrogen (secondary N) is 1. The molecule has 6 heteroatoms. The van der Waals surface area contributed by atoms with Crippen LogP contribution < -0.4 is 11.3 Å². The molecule has 0 saturated carbocycles. The summed E-state index contributed by atoms with van der Waals surface area (Å²) in [7, 11) is 0. The van der Waals surface area contributed by atoms with Crippen LogP contribution in [0.25, 0.3) is 11.4 Å². The summed E-state index contributed by atoms with van der Waals surface area (Å²) in [5.41, 5.74) is 4.66. The first kappa shape index (κ1) is 9.47. The number of hydrogen-bond donors (Lipinski definition) is 2. The Kier molecular flexibility index (Phi) is 2.51. The van der Waals surface area contributed by atoms with Gasteiger partial charge in [-0.05, 0) is 19.1 Å². The molecule has 0 aliphatic carbocycles. The lowest BCUT2D eigenvalue weighted by atomic mass is 10.2. The van der Waals surface area contributed by atoms with Gasteiger partial charge in [0.05, 0.1) is 11.9 Å². The molecule has 0 spiro atoms. The quantitative estimate of drug-likeness (QED) is 0.545. The molecule has 0 aliphatic heterocycles. The molecule has 0 radical (unpaired) electrons. The number of rotatable bonds is 2. The van der Waals surface area contributed by atoms with Gasteiger partial charge in [-0.25, -0.2) is 10.8 Å². The van der Waals surface area contributed by atoms with Gasteiger partial charge in [0, 0.05) is 5.69 Å². The summed E-state index contributed by atoms with van der Waals surface area (Å²) in [5, 5.41) is 7.45. The van der Waals surface area contributed by atoms with Crippen LogP contribution in [0, 0.1) is 6.92 Å². The van der Waals surface area contributed by atoms with Crippen molar-refractivity contribution < 1.29 is 0 Å². The van der Waals surface area contributed by atoms with Crippen LogP contribution >= 0.6 is 0 Å². The normalized spacial score (nSPS) is 10.0. The second kappa shape index (κ2) is 3.97. The second-order valence-corrected chi connectivity index (χ2v) is 2.97. The van der Waals surface area contributed by atoms with Crippen molar-refractivity contribution in [1.29, 1.82) is 0 Å². The monoisotopic (exact) mass is 202 g/mol. The van der Waals surface area contributed by atoms with Gasteiger partial charge in [-0.15, -0.1) is 5.10 Å². The van der Waals surface area contributed by atoms with Crippen LogP contribution in [0.5, 0.6) is 0 Å². The smallest absolute Gasteiger partial charge is 0.257 e. The van der Waals surface area contributed by atoms with E-state index in [0.29, 0.717) is 5.69 Å². The highest BCUT2D eigenvalue weighted by atomic mass is 15.3. The zero-order valence-corrected chi connectivity index (χ0v) is 8.18. The van der Waals surface area contributed by atoms with Crippen molar-refractivity contribution in [3.8, 4) is 11.4 Å². The van der Waals surface area contributed by atoms with E-state index in [9.17, 15) is 0 Å². The maximum absolute atomic E-state index is 5.19. The molecule has 0 amide bonds. The molecule has 2 aromatic heterocycles. The third kappa shape index (κ3) is 2.05. The molecule has 0 aromatic carbocycles. The van der Waals surface area contributed by atoms with E-state index in [2.05, 4.69) is 25.6 Å². The summed E-state index contributed by atoms with van der Waals surface area (Å²) in [6.07, 6.45) is 1.54. The van der Waals surface area contributed by atoms with Crippen molar-refractivity contribution in [2.75, 3.05) is 5.43 Å². The molecule has 15 heavy (non-hydrogen) atoms. The Balaban J connectivity index is 2.44. The highest BCUT2D eigenvalue weighted by Crippen LogP contribution is 2.13. The molecule has 0 bridgehead atoms. The number of nitrogens with zero attached hydrogens (tertiary/aromatic N) is 4. The number of hydrogen-bond acceptors (Lipinski definition) is 6. The molecule has 0 fully saturated rings.